The van der Waals surface area contributed by atoms with Crippen LogP contribution in [0.4, 0.5) is 17.1 Å². The van der Waals surface area contributed by atoms with Gasteiger partial charge in [-0.05, 0) is 0 Å². The fraction of sp³-hybridized carbons (Fsp3) is 0.538. The standard InChI is InChI=1S/C13H17N3O2Se/c1-3-18-11-7-10(13(11)17-2)14-8-5-4-6-9-12(8)16-19-15-9/h4-6,10-11,13-14H,3,7H2,1-2H3. The van der Waals surface area contributed by atoms with Crippen molar-refractivity contribution in [2.45, 2.75) is 31.6 Å². The first-order valence-electron chi connectivity index (χ1n) is 6.45. The molecule has 1 aromatic rings. The Morgan fingerprint density at radius 3 is 3.11 bits per heavy atom. The molecule has 5 nitrogen and oxygen atoms in total. The Balaban J connectivity index is 1.70. The number of nitrogens with zero attached hydrogens (tertiary/aromatic N) is 2. The van der Waals surface area contributed by atoms with Crippen LogP contribution in [0.5, 0.6) is 0 Å². The normalized spacial score (nSPS) is 27.6. The zero-order chi connectivity index (χ0) is 13.2. The van der Waals surface area contributed by atoms with Gasteiger partial charge in [0.05, 0.1) is 0 Å². The molecule has 1 saturated carbocycles. The van der Waals surface area contributed by atoms with E-state index < -0.39 is 0 Å². The van der Waals surface area contributed by atoms with E-state index >= 15 is 0 Å². The number of benzene rings is 1. The van der Waals surface area contributed by atoms with Gasteiger partial charge in [0.2, 0.25) is 0 Å². The number of hydrogen-bond donors (Lipinski definition) is 1. The summed E-state index contributed by atoms with van der Waals surface area (Å²) in [6.45, 7) is 2.74. The van der Waals surface area contributed by atoms with Crippen LogP contribution in [0.25, 0.3) is 0 Å². The van der Waals surface area contributed by atoms with E-state index in [0.29, 0.717) is 0 Å². The minimum absolute atomic E-state index is 0.00818. The second-order valence-corrected chi connectivity index (χ2v) is 5.73. The molecule has 0 aromatic heterocycles. The molecule has 0 saturated heterocycles. The summed E-state index contributed by atoms with van der Waals surface area (Å²) in [7, 11) is 1.74. The van der Waals surface area contributed by atoms with E-state index in [2.05, 4.69) is 19.3 Å². The zero-order valence-corrected chi connectivity index (χ0v) is 12.7. The van der Waals surface area contributed by atoms with E-state index in [-0.39, 0.29) is 32.8 Å². The summed E-state index contributed by atoms with van der Waals surface area (Å²) in [4.78, 5) is 0. The van der Waals surface area contributed by atoms with Crippen LogP contribution in [0.2, 0.25) is 0 Å². The average molecular weight is 326 g/mol. The number of nitrogens with one attached hydrogen (secondary N) is 1. The van der Waals surface area contributed by atoms with Gasteiger partial charge in [-0.15, -0.1) is 0 Å². The molecule has 1 N–H and O–H groups in total. The van der Waals surface area contributed by atoms with Crippen LogP contribution in [0, 0.1) is 0 Å². The van der Waals surface area contributed by atoms with E-state index in [4.69, 9.17) is 9.47 Å². The first-order valence-corrected chi connectivity index (χ1v) is 7.99. The number of anilines is 1. The second-order valence-electron chi connectivity index (χ2n) is 4.62. The van der Waals surface area contributed by atoms with Gasteiger partial charge in [-0.2, -0.15) is 0 Å². The predicted octanol–water partition coefficient (Wildman–Crippen LogP) is 2.64. The fourth-order valence-corrected chi connectivity index (χ4v) is 3.69. The van der Waals surface area contributed by atoms with Gasteiger partial charge in [-0.25, -0.2) is 0 Å². The Morgan fingerprint density at radius 2 is 2.32 bits per heavy atom. The van der Waals surface area contributed by atoms with Crippen LogP contribution in [0.15, 0.2) is 26.1 Å². The molecule has 0 bridgehead atoms. The molecule has 19 heavy (non-hydrogen) atoms. The van der Waals surface area contributed by atoms with Crippen molar-refractivity contribution in [1.29, 1.82) is 0 Å². The van der Waals surface area contributed by atoms with Crippen LogP contribution in [0.1, 0.15) is 13.3 Å². The third-order valence-corrected chi connectivity index (χ3v) is 4.67. The summed E-state index contributed by atoms with van der Waals surface area (Å²) in [5, 5.41) is 3.52. The Kier molecular flexibility index (Phi) is 3.84. The SMILES string of the molecule is CCOC1CC(Nc2cccc3c2N=[Se]=N3)C1OC. The monoisotopic (exact) mass is 327 g/mol. The van der Waals surface area contributed by atoms with E-state index in [1.165, 1.54) is 0 Å². The van der Waals surface area contributed by atoms with Crippen molar-refractivity contribution in [3.05, 3.63) is 18.2 Å². The third kappa shape index (κ3) is 2.41. The minimum atomic E-state index is 0.00818. The average Bonchev–Trinajstić information content (AvgIpc) is 2.87. The summed E-state index contributed by atoms with van der Waals surface area (Å²) < 4.78 is 20.0. The molecule has 1 aromatic carbocycles. The van der Waals surface area contributed by atoms with Crippen LogP contribution >= 0.6 is 0 Å². The number of fused-ring (bicyclic) bond motifs is 1. The molecule has 0 amide bonds. The van der Waals surface area contributed by atoms with Gasteiger partial charge < -0.3 is 0 Å². The van der Waals surface area contributed by atoms with Gasteiger partial charge in [0.15, 0.2) is 0 Å². The summed E-state index contributed by atoms with van der Waals surface area (Å²) in [5.41, 5.74) is 3.06. The van der Waals surface area contributed by atoms with Gasteiger partial charge >= 0.3 is 118 Å². The molecule has 1 aliphatic carbocycles. The van der Waals surface area contributed by atoms with Crippen LogP contribution < -0.4 is 5.32 Å². The molecular weight excluding hydrogens is 309 g/mol. The molecule has 3 unspecified atom stereocenters. The van der Waals surface area contributed by atoms with Crippen molar-refractivity contribution >= 4 is 31.6 Å². The van der Waals surface area contributed by atoms with Crippen molar-refractivity contribution in [1.82, 2.24) is 0 Å². The number of ether oxygens (including phenoxy) is 2. The van der Waals surface area contributed by atoms with Crippen molar-refractivity contribution in [2.24, 2.45) is 7.92 Å². The van der Waals surface area contributed by atoms with E-state index in [0.717, 1.165) is 30.1 Å². The van der Waals surface area contributed by atoms with Crippen LogP contribution in [0.3, 0.4) is 0 Å². The number of rotatable bonds is 5. The summed E-state index contributed by atoms with van der Waals surface area (Å²) in [6.07, 6.45) is 1.29. The maximum absolute atomic E-state index is 5.64. The van der Waals surface area contributed by atoms with Crippen molar-refractivity contribution < 1.29 is 9.47 Å². The summed E-state index contributed by atoms with van der Waals surface area (Å²) >= 11 is 0.00818. The molecular formula is C13H17N3O2Se. The van der Waals surface area contributed by atoms with E-state index in [1.807, 2.05) is 19.1 Å². The number of methoxy groups -OCH3 is 1. The zero-order valence-electron chi connectivity index (χ0n) is 11.0. The first kappa shape index (κ1) is 13.1. The molecule has 1 aliphatic heterocycles. The topological polar surface area (TPSA) is 55.2 Å². The molecule has 1 heterocycles. The molecule has 3 atom stereocenters. The second kappa shape index (κ2) is 5.59. The van der Waals surface area contributed by atoms with Gasteiger partial charge in [0.25, 0.3) is 0 Å². The van der Waals surface area contributed by atoms with E-state index in [1.54, 1.807) is 7.11 Å². The Morgan fingerprint density at radius 1 is 1.42 bits per heavy atom. The Hall–Kier alpha value is -0.941. The number of hydrogen-bond acceptors (Lipinski definition) is 5. The van der Waals surface area contributed by atoms with Gasteiger partial charge in [-0.3, -0.25) is 0 Å². The molecule has 0 radical (unpaired) electrons. The molecule has 102 valence electrons. The van der Waals surface area contributed by atoms with Gasteiger partial charge in [0.1, 0.15) is 0 Å². The van der Waals surface area contributed by atoms with Crippen molar-refractivity contribution in [3.63, 3.8) is 0 Å². The maximum atomic E-state index is 5.64. The first-order chi connectivity index (χ1) is 9.33. The quantitative estimate of drug-likeness (QED) is 0.860. The van der Waals surface area contributed by atoms with Crippen molar-refractivity contribution in [3.8, 4) is 0 Å². The molecule has 0 spiro atoms. The van der Waals surface area contributed by atoms with Crippen LogP contribution in [-0.4, -0.2) is 46.5 Å². The summed E-state index contributed by atoms with van der Waals surface area (Å²) in [6, 6.07) is 6.37. The molecule has 2 aliphatic rings. The fourth-order valence-electron chi connectivity index (χ4n) is 2.54. The Labute approximate surface area is 118 Å². The molecule has 3 rings (SSSR count). The van der Waals surface area contributed by atoms with Gasteiger partial charge in [-0.1, -0.05) is 0 Å². The summed E-state index contributed by atoms with van der Waals surface area (Å²) in [5.74, 6) is 0. The third-order valence-electron chi connectivity index (χ3n) is 3.53. The van der Waals surface area contributed by atoms with Crippen molar-refractivity contribution in [2.75, 3.05) is 19.0 Å². The molecule has 1 fully saturated rings. The molecule has 6 heteroatoms. The van der Waals surface area contributed by atoms with Gasteiger partial charge in [0, 0.05) is 0 Å². The van der Waals surface area contributed by atoms with E-state index in [9.17, 15) is 0 Å². The van der Waals surface area contributed by atoms with Crippen LogP contribution in [-0.2, 0) is 9.47 Å². The Bertz CT molecular complexity index is 543. The predicted molar refractivity (Wildman–Crippen MR) is 74.6 cm³/mol.